The first-order chi connectivity index (χ1) is 24.8. The van der Waals surface area contributed by atoms with Crippen LogP contribution in [0.2, 0.25) is 0 Å². The molecule has 0 aliphatic heterocycles. The summed E-state index contributed by atoms with van der Waals surface area (Å²) in [6, 6.07) is 52.2. The van der Waals surface area contributed by atoms with Gasteiger partial charge in [-0.1, -0.05) is 103 Å². The first-order valence-corrected chi connectivity index (χ1v) is 17.2. The van der Waals surface area contributed by atoms with Crippen LogP contribution >= 0.6 is 0 Å². The van der Waals surface area contributed by atoms with Gasteiger partial charge in [-0.15, -0.1) is 0 Å². The Hall–Kier alpha value is -6.52. The Morgan fingerprint density at radius 3 is 1.64 bits per heavy atom. The number of nitrogens with zero attached hydrogens (tertiary/aromatic N) is 4. The van der Waals surface area contributed by atoms with E-state index in [1.807, 2.05) is 12.4 Å². The summed E-state index contributed by atoms with van der Waals surface area (Å²) >= 11 is 0. The normalized spacial score (nSPS) is 14.6. The quantitative estimate of drug-likeness (QED) is 0.188. The summed E-state index contributed by atoms with van der Waals surface area (Å²) < 4.78 is 4.86. The highest BCUT2D eigenvalue weighted by atomic mass is 15.0. The van der Waals surface area contributed by atoms with Crippen LogP contribution in [0.5, 0.6) is 0 Å². The van der Waals surface area contributed by atoms with Crippen LogP contribution in [0, 0.1) is 0 Å². The minimum absolute atomic E-state index is 0.208. The average Bonchev–Trinajstić information content (AvgIpc) is 3.71. The molecule has 4 heterocycles. The molecule has 4 aromatic heterocycles. The smallest absolute Gasteiger partial charge is 0.0892 e. The molecule has 0 N–H and O–H groups in total. The second kappa shape index (κ2) is 11.6. The Labute approximate surface area is 289 Å². The third-order valence-corrected chi connectivity index (χ3v) is 10.1. The van der Waals surface area contributed by atoms with Crippen molar-refractivity contribution < 1.29 is 0 Å². The molecule has 0 bridgehead atoms. The standard InChI is InChI=1S/C46H32N4/c1-5-19-43-37(15-1)38-16-2-6-20-44(38)49(43)35-13-9-11-31(27-35)33-23-25-47-41(29-33)42-30-34(24-26-48-42)32-12-10-14-36(28-32)50-45-21-7-3-17-39(45)40-18-4-8-22-46(40)50/h1-13,15-30,36H,14H2. The summed E-state index contributed by atoms with van der Waals surface area (Å²) in [5.41, 5.74) is 12.4. The molecule has 0 saturated carbocycles. The van der Waals surface area contributed by atoms with Gasteiger partial charge in [-0.2, -0.15) is 0 Å². The number of benzene rings is 5. The molecule has 4 nitrogen and oxygen atoms in total. The predicted octanol–water partition coefficient (Wildman–Crippen LogP) is 11.6. The van der Waals surface area contributed by atoms with Crippen molar-refractivity contribution in [2.75, 3.05) is 0 Å². The lowest BCUT2D eigenvalue weighted by molar-refractivity contribution is 0.650. The molecular weight excluding hydrogens is 609 g/mol. The third-order valence-electron chi connectivity index (χ3n) is 10.1. The van der Waals surface area contributed by atoms with Crippen LogP contribution in [0.25, 0.3) is 77.4 Å². The maximum atomic E-state index is 4.79. The van der Waals surface area contributed by atoms with E-state index < -0.39 is 0 Å². The molecule has 1 unspecified atom stereocenters. The van der Waals surface area contributed by atoms with Crippen molar-refractivity contribution in [2.45, 2.75) is 12.5 Å². The van der Waals surface area contributed by atoms with E-state index in [0.29, 0.717) is 0 Å². The fourth-order valence-corrected chi connectivity index (χ4v) is 7.87. The summed E-state index contributed by atoms with van der Waals surface area (Å²) in [5, 5.41) is 5.11. The zero-order valence-electron chi connectivity index (χ0n) is 27.3. The Bertz CT molecular complexity index is 2710. The molecule has 9 aromatic rings. The Kier molecular flexibility index (Phi) is 6.59. The van der Waals surface area contributed by atoms with Crippen LogP contribution in [-0.4, -0.2) is 19.1 Å². The number of allylic oxidation sites excluding steroid dienone is 4. The average molecular weight is 641 g/mol. The summed E-state index contributed by atoms with van der Waals surface area (Å²) in [6.45, 7) is 0. The zero-order valence-corrected chi connectivity index (χ0v) is 27.3. The number of hydrogen-bond donors (Lipinski definition) is 0. The minimum atomic E-state index is 0.208. The van der Waals surface area contributed by atoms with Gasteiger partial charge in [0.15, 0.2) is 0 Å². The summed E-state index contributed by atoms with van der Waals surface area (Å²) in [4.78, 5) is 9.58. The van der Waals surface area contributed by atoms with Gasteiger partial charge in [-0.05, 0) is 89.3 Å². The van der Waals surface area contributed by atoms with Crippen molar-refractivity contribution >= 4 is 49.2 Å². The van der Waals surface area contributed by atoms with Crippen LogP contribution in [-0.2, 0) is 0 Å². The van der Waals surface area contributed by atoms with E-state index in [9.17, 15) is 0 Å². The Morgan fingerprint density at radius 2 is 1.00 bits per heavy atom. The molecule has 236 valence electrons. The fraction of sp³-hybridized carbons (Fsp3) is 0.0435. The Morgan fingerprint density at radius 1 is 0.480 bits per heavy atom. The topological polar surface area (TPSA) is 35.6 Å². The van der Waals surface area contributed by atoms with Crippen molar-refractivity contribution in [2.24, 2.45) is 0 Å². The van der Waals surface area contributed by atoms with E-state index in [1.54, 1.807) is 0 Å². The monoisotopic (exact) mass is 640 g/mol. The van der Waals surface area contributed by atoms with Crippen LogP contribution in [0.3, 0.4) is 0 Å². The van der Waals surface area contributed by atoms with Crippen molar-refractivity contribution in [3.8, 4) is 28.2 Å². The lowest BCUT2D eigenvalue weighted by Gasteiger charge is -2.21. The maximum Gasteiger partial charge on any atom is 0.0892 e. The largest absolute Gasteiger partial charge is 0.333 e. The highest BCUT2D eigenvalue weighted by molar-refractivity contribution is 6.09. The van der Waals surface area contributed by atoms with Crippen LogP contribution in [0.1, 0.15) is 18.0 Å². The molecule has 0 saturated heterocycles. The van der Waals surface area contributed by atoms with Gasteiger partial charge in [0.1, 0.15) is 0 Å². The number of rotatable bonds is 5. The summed E-state index contributed by atoms with van der Waals surface area (Å²) in [5.74, 6) is 0. The molecule has 1 aliphatic carbocycles. The van der Waals surface area contributed by atoms with E-state index >= 15 is 0 Å². The molecule has 4 heteroatoms. The molecular formula is C46H32N4. The maximum absolute atomic E-state index is 4.79. The third kappa shape index (κ3) is 4.61. The summed E-state index contributed by atoms with van der Waals surface area (Å²) in [7, 11) is 0. The predicted molar refractivity (Wildman–Crippen MR) is 207 cm³/mol. The summed E-state index contributed by atoms with van der Waals surface area (Å²) in [6.07, 6.45) is 11.7. The van der Waals surface area contributed by atoms with E-state index in [1.165, 1.54) is 49.2 Å². The van der Waals surface area contributed by atoms with Gasteiger partial charge in [0.25, 0.3) is 0 Å². The van der Waals surface area contributed by atoms with Gasteiger partial charge in [-0.25, -0.2) is 0 Å². The van der Waals surface area contributed by atoms with Gasteiger partial charge in [0.05, 0.1) is 28.5 Å². The lowest BCUT2D eigenvalue weighted by Crippen LogP contribution is -2.08. The van der Waals surface area contributed by atoms with Crippen molar-refractivity contribution in [1.82, 2.24) is 19.1 Å². The van der Waals surface area contributed by atoms with Gasteiger partial charge >= 0.3 is 0 Å². The van der Waals surface area contributed by atoms with E-state index in [2.05, 4.69) is 173 Å². The van der Waals surface area contributed by atoms with Crippen molar-refractivity contribution in [3.63, 3.8) is 0 Å². The number of pyridine rings is 2. The minimum Gasteiger partial charge on any atom is -0.333 e. The number of hydrogen-bond acceptors (Lipinski definition) is 2. The van der Waals surface area contributed by atoms with E-state index in [4.69, 9.17) is 9.97 Å². The number of para-hydroxylation sites is 4. The number of fused-ring (bicyclic) bond motifs is 6. The molecule has 10 rings (SSSR count). The molecule has 0 spiro atoms. The van der Waals surface area contributed by atoms with Crippen LogP contribution in [0.4, 0.5) is 0 Å². The van der Waals surface area contributed by atoms with E-state index in [0.717, 1.165) is 40.2 Å². The molecule has 1 aliphatic rings. The van der Waals surface area contributed by atoms with Gasteiger partial charge in [-0.3, -0.25) is 9.97 Å². The molecule has 0 fully saturated rings. The second-order valence-electron chi connectivity index (χ2n) is 13.0. The molecule has 50 heavy (non-hydrogen) atoms. The SMILES string of the molecule is C1=CC(c2ccnc(-c3cc(-c4cccc(-n5c6ccccc6c6ccccc65)c4)ccn3)c2)=CC(n2c3ccccc3c3ccccc32)C1. The Balaban J connectivity index is 1.01. The van der Waals surface area contributed by atoms with Gasteiger partial charge in [0.2, 0.25) is 0 Å². The zero-order chi connectivity index (χ0) is 33.0. The van der Waals surface area contributed by atoms with Gasteiger partial charge in [0, 0.05) is 50.7 Å². The van der Waals surface area contributed by atoms with E-state index in [-0.39, 0.29) is 6.04 Å². The molecule has 0 amide bonds. The van der Waals surface area contributed by atoms with Gasteiger partial charge < -0.3 is 9.13 Å². The first kappa shape index (κ1) is 28.5. The molecule has 5 aromatic carbocycles. The van der Waals surface area contributed by atoms with Crippen molar-refractivity contribution in [1.29, 1.82) is 0 Å². The highest BCUT2D eigenvalue weighted by Gasteiger charge is 2.19. The van der Waals surface area contributed by atoms with Crippen LogP contribution < -0.4 is 0 Å². The highest BCUT2D eigenvalue weighted by Crippen LogP contribution is 2.38. The lowest BCUT2D eigenvalue weighted by atomic mass is 9.96. The molecule has 0 radical (unpaired) electrons. The molecule has 1 atom stereocenters. The number of aromatic nitrogens is 4. The second-order valence-corrected chi connectivity index (χ2v) is 13.0. The fourth-order valence-electron chi connectivity index (χ4n) is 7.87. The van der Waals surface area contributed by atoms with Crippen LogP contribution in [0.15, 0.2) is 176 Å². The van der Waals surface area contributed by atoms with Crippen molar-refractivity contribution in [3.05, 3.63) is 182 Å². The first-order valence-electron chi connectivity index (χ1n) is 17.2.